The SMILES string of the molecule is CC1CN(C(N)=NCc2cccc(N3CCC3=O)c2)CCO1.I. The van der Waals surface area contributed by atoms with Crippen molar-refractivity contribution in [2.75, 3.05) is 31.1 Å². The number of β-lactam (4-membered cyclic amide) rings is 1. The van der Waals surface area contributed by atoms with Crippen LogP contribution in [0, 0.1) is 0 Å². The summed E-state index contributed by atoms with van der Waals surface area (Å²) in [6.07, 6.45) is 0.827. The minimum absolute atomic E-state index is 0. The highest BCUT2D eigenvalue weighted by Gasteiger charge is 2.25. The lowest BCUT2D eigenvalue weighted by atomic mass is 10.1. The minimum atomic E-state index is 0. The van der Waals surface area contributed by atoms with Crippen LogP contribution in [0.1, 0.15) is 18.9 Å². The molecule has 1 atom stereocenters. The summed E-state index contributed by atoms with van der Waals surface area (Å²) in [7, 11) is 0. The van der Waals surface area contributed by atoms with E-state index in [1.165, 1.54) is 0 Å². The molecule has 7 heteroatoms. The molecular weight excluding hydrogens is 407 g/mol. The van der Waals surface area contributed by atoms with Crippen molar-refractivity contribution in [2.24, 2.45) is 10.7 Å². The number of guanidine groups is 1. The normalized spacial score (nSPS) is 21.7. The number of rotatable bonds is 3. The van der Waals surface area contributed by atoms with Crippen molar-refractivity contribution in [3.05, 3.63) is 29.8 Å². The number of anilines is 1. The number of hydrogen-bond acceptors (Lipinski definition) is 3. The Balaban J connectivity index is 0.00000192. The number of hydrogen-bond donors (Lipinski definition) is 1. The summed E-state index contributed by atoms with van der Waals surface area (Å²) >= 11 is 0. The van der Waals surface area contributed by atoms with Crippen molar-refractivity contribution in [1.29, 1.82) is 0 Å². The Morgan fingerprint density at radius 2 is 2.26 bits per heavy atom. The lowest BCUT2D eigenvalue weighted by Gasteiger charge is -2.32. The first-order chi connectivity index (χ1) is 10.6. The van der Waals surface area contributed by atoms with Crippen molar-refractivity contribution >= 4 is 41.5 Å². The summed E-state index contributed by atoms with van der Waals surface area (Å²) in [6, 6.07) is 7.93. The average Bonchev–Trinajstić information content (AvgIpc) is 2.51. The Kier molecular flexibility index (Phi) is 6.23. The summed E-state index contributed by atoms with van der Waals surface area (Å²) in [5.74, 6) is 0.739. The summed E-state index contributed by atoms with van der Waals surface area (Å²) in [5, 5.41) is 0. The predicted octanol–water partition coefficient (Wildman–Crippen LogP) is 1.58. The third-order valence-electron chi connectivity index (χ3n) is 4.06. The van der Waals surface area contributed by atoms with Crippen LogP contribution in [-0.2, 0) is 16.1 Å². The Bertz CT molecular complexity index is 593. The Hall–Kier alpha value is -1.35. The fourth-order valence-electron chi connectivity index (χ4n) is 2.71. The van der Waals surface area contributed by atoms with Crippen molar-refractivity contribution in [3.8, 4) is 0 Å². The van der Waals surface area contributed by atoms with E-state index >= 15 is 0 Å². The number of aliphatic imine (C=N–C) groups is 1. The Labute approximate surface area is 153 Å². The highest BCUT2D eigenvalue weighted by Crippen LogP contribution is 2.23. The fourth-order valence-corrected chi connectivity index (χ4v) is 2.71. The second-order valence-electron chi connectivity index (χ2n) is 5.77. The van der Waals surface area contributed by atoms with Crippen LogP contribution in [0.5, 0.6) is 0 Å². The molecule has 2 aliphatic rings. The fraction of sp³-hybridized carbons (Fsp3) is 0.500. The number of carbonyl (C=O) groups excluding carboxylic acids is 1. The maximum atomic E-state index is 11.5. The molecule has 0 spiro atoms. The zero-order valence-corrected chi connectivity index (χ0v) is 15.6. The average molecular weight is 430 g/mol. The van der Waals surface area contributed by atoms with E-state index in [-0.39, 0.29) is 36.0 Å². The zero-order valence-electron chi connectivity index (χ0n) is 13.3. The van der Waals surface area contributed by atoms with E-state index < -0.39 is 0 Å². The third-order valence-corrected chi connectivity index (χ3v) is 4.06. The van der Waals surface area contributed by atoms with Gasteiger partial charge in [-0.15, -0.1) is 24.0 Å². The lowest BCUT2D eigenvalue weighted by molar-refractivity contribution is -0.122. The van der Waals surface area contributed by atoms with E-state index in [0.717, 1.165) is 30.9 Å². The number of nitrogens with zero attached hydrogens (tertiary/aromatic N) is 3. The number of nitrogens with two attached hydrogens (primary N) is 1. The maximum absolute atomic E-state index is 11.5. The number of carbonyl (C=O) groups is 1. The van der Waals surface area contributed by atoms with E-state index in [1.807, 2.05) is 31.2 Å². The number of benzene rings is 1. The molecule has 2 aliphatic heterocycles. The summed E-state index contributed by atoms with van der Waals surface area (Å²) < 4.78 is 5.50. The van der Waals surface area contributed by atoms with Gasteiger partial charge in [-0.3, -0.25) is 4.79 Å². The van der Waals surface area contributed by atoms with Crippen LogP contribution in [0.3, 0.4) is 0 Å². The molecule has 6 nitrogen and oxygen atoms in total. The standard InChI is InChI=1S/C16H22N4O2.HI/c1-12-11-19(7-8-22-12)16(17)18-10-13-3-2-4-14(9-13)20-6-5-15(20)21;/h2-4,9,12H,5-8,10-11H2,1H3,(H2,17,18);1H. The Morgan fingerprint density at radius 1 is 1.43 bits per heavy atom. The first kappa shape index (κ1) is 18.0. The smallest absolute Gasteiger partial charge is 0.228 e. The number of ether oxygens (including phenoxy) is 1. The monoisotopic (exact) mass is 430 g/mol. The van der Waals surface area contributed by atoms with Crippen molar-refractivity contribution in [3.63, 3.8) is 0 Å². The molecule has 0 aromatic heterocycles. The van der Waals surface area contributed by atoms with Crippen LogP contribution >= 0.6 is 24.0 Å². The van der Waals surface area contributed by atoms with Gasteiger partial charge in [0, 0.05) is 31.7 Å². The molecule has 126 valence electrons. The molecule has 23 heavy (non-hydrogen) atoms. The molecule has 2 saturated heterocycles. The van der Waals surface area contributed by atoms with Crippen LogP contribution in [0.2, 0.25) is 0 Å². The van der Waals surface area contributed by atoms with E-state index in [4.69, 9.17) is 10.5 Å². The Morgan fingerprint density at radius 3 is 2.91 bits per heavy atom. The van der Waals surface area contributed by atoms with Gasteiger partial charge in [0.15, 0.2) is 5.96 Å². The molecule has 3 rings (SSSR count). The molecular formula is C16H23IN4O2. The lowest BCUT2D eigenvalue weighted by Crippen LogP contribution is -2.47. The summed E-state index contributed by atoms with van der Waals surface area (Å²) in [5.41, 5.74) is 8.08. The van der Waals surface area contributed by atoms with E-state index in [2.05, 4.69) is 9.89 Å². The van der Waals surface area contributed by atoms with Gasteiger partial charge in [-0.25, -0.2) is 4.99 Å². The molecule has 0 saturated carbocycles. The molecule has 1 aromatic carbocycles. The summed E-state index contributed by atoms with van der Waals surface area (Å²) in [6.45, 7) is 5.60. The second-order valence-corrected chi connectivity index (χ2v) is 5.77. The third kappa shape index (κ3) is 4.35. The van der Waals surface area contributed by atoms with Crippen LogP contribution in [0.4, 0.5) is 5.69 Å². The van der Waals surface area contributed by atoms with Crippen LogP contribution < -0.4 is 10.6 Å². The van der Waals surface area contributed by atoms with Gasteiger partial charge in [-0.1, -0.05) is 12.1 Å². The van der Waals surface area contributed by atoms with Crippen molar-refractivity contribution < 1.29 is 9.53 Å². The number of halogens is 1. The molecule has 2 fully saturated rings. The number of amides is 1. The molecule has 0 radical (unpaired) electrons. The predicted molar refractivity (Wildman–Crippen MR) is 101 cm³/mol. The minimum Gasteiger partial charge on any atom is -0.375 e. The van der Waals surface area contributed by atoms with Gasteiger partial charge in [-0.2, -0.15) is 0 Å². The van der Waals surface area contributed by atoms with Crippen molar-refractivity contribution in [1.82, 2.24) is 4.90 Å². The van der Waals surface area contributed by atoms with Gasteiger partial charge in [-0.05, 0) is 24.6 Å². The first-order valence-electron chi connectivity index (χ1n) is 7.69. The van der Waals surface area contributed by atoms with Gasteiger partial charge in [0.1, 0.15) is 0 Å². The highest BCUT2D eigenvalue weighted by atomic mass is 127. The number of morpholine rings is 1. The quantitative estimate of drug-likeness (QED) is 0.342. The molecule has 1 aromatic rings. The van der Waals surface area contributed by atoms with Crippen LogP contribution in [0.25, 0.3) is 0 Å². The van der Waals surface area contributed by atoms with Crippen LogP contribution in [0.15, 0.2) is 29.3 Å². The zero-order chi connectivity index (χ0) is 15.5. The highest BCUT2D eigenvalue weighted by molar-refractivity contribution is 14.0. The molecule has 2 heterocycles. The van der Waals surface area contributed by atoms with E-state index in [1.54, 1.807) is 4.90 Å². The second kappa shape index (κ2) is 7.96. The van der Waals surface area contributed by atoms with Gasteiger partial charge < -0.3 is 20.3 Å². The van der Waals surface area contributed by atoms with Gasteiger partial charge >= 0.3 is 0 Å². The van der Waals surface area contributed by atoms with E-state index in [9.17, 15) is 4.79 Å². The van der Waals surface area contributed by atoms with Gasteiger partial charge in [0.25, 0.3) is 0 Å². The molecule has 1 unspecified atom stereocenters. The first-order valence-corrected chi connectivity index (χ1v) is 7.69. The topological polar surface area (TPSA) is 71.2 Å². The molecule has 2 N–H and O–H groups in total. The molecule has 0 aliphatic carbocycles. The van der Waals surface area contributed by atoms with Crippen molar-refractivity contribution in [2.45, 2.75) is 26.0 Å². The molecule has 1 amide bonds. The van der Waals surface area contributed by atoms with Gasteiger partial charge in [0.2, 0.25) is 5.91 Å². The molecule has 0 bridgehead atoms. The largest absolute Gasteiger partial charge is 0.375 e. The maximum Gasteiger partial charge on any atom is 0.228 e. The van der Waals surface area contributed by atoms with E-state index in [0.29, 0.717) is 25.5 Å². The van der Waals surface area contributed by atoms with Crippen LogP contribution in [-0.4, -0.2) is 49.1 Å². The summed E-state index contributed by atoms with van der Waals surface area (Å²) in [4.78, 5) is 19.8. The van der Waals surface area contributed by atoms with Gasteiger partial charge in [0.05, 0.1) is 19.3 Å².